The number of benzene rings is 1. The van der Waals surface area contributed by atoms with Crippen LogP contribution in [-0.4, -0.2) is 35.6 Å². The minimum Gasteiger partial charge on any atom is -0.478 e. The number of hydrogen-bond donors (Lipinski definition) is 1. The third-order valence-corrected chi connectivity index (χ3v) is 4.24. The highest BCUT2D eigenvalue weighted by Crippen LogP contribution is 2.31. The van der Waals surface area contributed by atoms with Crippen LogP contribution in [0.2, 0.25) is 0 Å². The van der Waals surface area contributed by atoms with Gasteiger partial charge in [-0.25, -0.2) is 4.79 Å². The maximum Gasteiger partial charge on any atom is 0.335 e. The first-order chi connectivity index (χ1) is 9.70. The summed E-state index contributed by atoms with van der Waals surface area (Å²) in [6, 6.07) is 7.15. The van der Waals surface area contributed by atoms with E-state index in [1.165, 1.54) is 38.0 Å². The molecule has 0 atom stereocenters. The van der Waals surface area contributed by atoms with Crippen LogP contribution >= 0.6 is 0 Å². The normalized spacial score (nSPS) is 19.9. The van der Waals surface area contributed by atoms with Crippen molar-refractivity contribution in [2.24, 2.45) is 5.92 Å². The fraction of sp³-hybridized carbons (Fsp3) is 0.471. The summed E-state index contributed by atoms with van der Waals surface area (Å²) >= 11 is 0. The lowest BCUT2D eigenvalue weighted by molar-refractivity contribution is 0.0697. The van der Waals surface area contributed by atoms with Gasteiger partial charge < -0.3 is 10.0 Å². The Kier molecular flexibility index (Phi) is 3.88. The van der Waals surface area contributed by atoms with E-state index in [4.69, 9.17) is 5.11 Å². The monoisotopic (exact) mass is 271 g/mol. The van der Waals surface area contributed by atoms with Crippen molar-refractivity contribution in [3.05, 3.63) is 41.0 Å². The molecule has 0 aromatic heterocycles. The molecular weight excluding hydrogens is 250 g/mol. The molecule has 1 aliphatic carbocycles. The molecule has 1 aromatic carbocycles. The minimum absolute atomic E-state index is 0.353. The van der Waals surface area contributed by atoms with E-state index in [0.29, 0.717) is 5.56 Å². The van der Waals surface area contributed by atoms with Gasteiger partial charge in [0.15, 0.2) is 0 Å². The standard InChI is InChI=1S/C17H21NO2/c19-17(20)16-5-3-13(4-6-16)11-14-7-9-18(10-8-14)12-15-1-2-15/h3-6,11,15H,1-2,7-10,12H2,(H,19,20). The molecule has 1 N–H and O–H groups in total. The second-order valence-electron chi connectivity index (χ2n) is 5.97. The number of nitrogens with zero attached hydrogens (tertiary/aromatic N) is 1. The van der Waals surface area contributed by atoms with Crippen LogP contribution in [0.15, 0.2) is 29.8 Å². The molecule has 0 radical (unpaired) electrons. The minimum atomic E-state index is -0.863. The highest BCUT2D eigenvalue weighted by atomic mass is 16.4. The highest BCUT2D eigenvalue weighted by molar-refractivity contribution is 5.87. The van der Waals surface area contributed by atoms with Crippen LogP contribution < -0.4 is 0 Å². The van der Waals surface area contributed by atoms with Crippen molar-refractivity contribution in [3.63, 3.8) is 0 Å². The molecule has 106 valence electrons. The molecule has 20 heavy (non-hydrogen) atoms. The van der Waals surface area contributed by atoms with Crippen molar-refractivity contribution in [2.45, 2.75) is 25.7 Å². The van der Waals surface area contributed by atoms with E-state index in [9.17, 15) is 4.79 Å². The van der Waals surface area contributed by atoms with Crippen LogP contribution in [0.25, 0.3) is 6.08 Å². The van der Waals surface area contributed by atoms with Gasteiger partial charge in [-0.3, -0.25) is 0 Å². The zero-order valence-corrected chi connectivity index (χ0v) is 11.7. The van der Waals surface area contributed by atoms with Crippen molar-refractivity contribution < 1.29 is 9.90 Å². The quantitative estimate of drug-likeness (QED) is 0.913. The number of rotatable bonds is 4. The maximum absolute atomic E-state index is 10.8. The van der Waals surface area contributed by atoms with Crippen molar-refractivity contribution in [1.82, 2.24) is 4.90 Å². The molecule has 1 aliphatic heterocycles. The Balaban J connectivity index is 1.57. The van der Waals surface area contributed by atoms with Gasteiger partial charge in [0, 0.05) is 19.6 Å². The Bertz CT molecular complexity index is 504. The Hall–Kier alpha value is -1.61. The average Bonchev–Trinajstić information content (AvgIpc) is 3.26. The van der Waals surface area contributed by atoms with Crippen molar-refractivity contribution >= 4 is 12.0 Å². The molecule has 2 fully saturated rings. The van der Waals surface area contributed by atoms with Gasteiger partial charge in [0.1, 0.15) is 0 Å². The van der Waals surface area contributed by atoms with Gasteiger partial charge in [-0.1, -0.05) is 23.8 Å². The van der Waals surface area contributed by atoms with Crippen molar-refractivity contribution in [2.75, 3.05) is 19.6 Å². The summed E-state index contributed by atoms with van der Waals surface area (Å²) in [7, 11) is 0. The van der Waals surface area contributed by atoms with Gasteiger partial charge in [0.2, 0.25) is 0 Å². The molecular formula is C17H21NO2. The zero-order chi connectivity index (χ0) is 13.9. The lowest BCUT2D eigenvalue weighted by Crippen LogP contribution is -2.32. The fourth-order valence-electron chi connectivity index (χ4n) is 2.79. The summed E-state index contributed by atoms with van der Waals surface area (Å²) in [5, 5.41) is 8.88. The molecule has 0 amide bonds. The first-order valence-corrected chi connectivity index (χ1v) is 7.46. The van der Waals surface area contributed by atoms with E-state index < -0.39 is 5.97 Å². The van der Waals surface area contributed by atoms with Crippen LogP contribution in [0.1, 0.15) is 41.6 Å². The number of piperidine rings is 1. The summed E-state index contributed by atoms with van der Waals surface area (Å²) in [6.45, 7) is 3.64. The Labute approximate surface area is 119 Å². The number of carboxylic acid groups (broad SMARTS) is 1. The van der Waals surface area contributed by atoms with Gasteiger partial charge >= 0.3 is 5.97 Å². The summed E-state index contributed by atoms with van der Waals surface area (Å²) in [5.41, 5.74) is 2.95. The molecule has 1 saturated heterocycles. The molecule has 0 unspecified atom stereocenters. The topological polar surface area (TPSA) is 40.5 Å². The van der Waals surface area contributed by atoms with Crippen LogP contribution in [0, 0.1) is 5.92 Å². The van der Waals surface area contributed by atoms with Gasteiger partial charge in [0.05, 0.1) is 5.56 Å². The first kappa shape index (κ1) is 13.4. The third-order valence-electron chi connectivity index (χ3n) is 4.24. The Morgan fingerprint density at radius 3 is 2.40 bits per heavy atom. The molecule has 1 heterocycles. The third kappa shape index (κ3) is 3.48. The lowest BCUT2D eigenvalue weighted by atomic mass is 10.00. The number of carbonyl (C=O) groups is 1. The number of carboxylic acids is 1. The van der Waals surface area contributed by atoms with E-state index >= 15 is 0 Å². The number of hydrogen-bond acceptors (Lipinski definition) is 2. The number of aromatic carboxylic acids is 1. The average molecular weight is 271 g/mol. The van der Waals surface area contributed by atoms with E-state index in [1.54, 1.807) is 12.1 Å². The van der Waals surface area contributed by atoms with Crippen LogP contribution in [0.5, 0.6) is 0 Å². The first-order valence-electron chi connectivity index (χ1n) is 7.46. The highest BCUT2D eigenvalue weighted by Gasteiger charge is 2.25. The van der Waals surface area contributed by atoms with Crippen LogP contribution in [0.4, 0.5) is 0 Å². The van der Waals surface area contributed by atoms with Gasteiger partial charge in [-0.05, 0) is 49.3 Å². The largest absolute Gasteiger partial charge is 0.478 e. The van der Waals surface area contributed by atoms with Crippen molar-refractivity contribution in [3.8, 4) is 0 Å². The molecule has 3 heteroatoms. The Morgan fingerprint density at radius 2 is 1.85 bits per heavy atom. The van der Waals surface area contributed by atoms with Crippen molar-refractivity contribution in [1.29, 1.82) is 0 Å². The van der Waals surface area contributed by atoms with E-state index in [2.05, 4.69) is 11.0 Å². The molecule has 0 bridgehead atoms. The Morgan fingerprint density at radius 1 is 1.20 bits per heavy atom. The van der Waals surface area contributed by atoms with E-state index in [1.807, 2.05) is 12.1 Å². The smallest absolute Gasteiger partial charge is 0.335 e. The van der Waals surface area contributed by atoms with Gasteiger partial charge in [-0.15, -0.1) is 0 Å². The summed E-state index contributed by atoms with van der Waals surface area (Å²) in [4.78, 5) is 13.4. The van der Waals surface area contributed by atoms with E-state index in [0.717, 1.165) is 24.3 Å². The second kappa shape index (κ2) is 5.80. The predicted octanol–water partition coefficient (Wildman–Crippen LogP) is 3.27. The lowest BCUT2D eigenvalue weighted by Gasteiger charge is -2.28. The summed E-state index contributed by atoms with van der Waals surface area (Å²) in [5.74, 6) is 0.113. The molecule has 2 aliphatic rings. The fourth-order valence-corrected chi connectivity index (χ4v) is 2.79. The SMILES string of the molecule is O=C(O)c1ccc(C=C2CCN(CC3CC3)CC2)cc1. The molecule has 3 rings (SSSR count). The van der Waals surface area contributed by atoms with E-state index in [-0.39, 0.29) is 0 Å². The molecule has 1 aromatic rings. The van der Waals surface area contributed by atoms with Gasteiger partial charge in [0.25, 0.3) is 0 Å². The number of likely N-dealkylation sites (tertiary alicyclic amines) is 1. The van der Waals surface area contributed by atoms with Gasteiger partial charge in [-0.2, -0.15) is 0 Å². The van der Waals surface area contributed by atoms with Crippen LogP contribution in [0.3, 0.4) is 0 Å². The summed E-state index contributed by atoms with van der Waals surface area (Å²) in [6.07, 6.45) is 7.37. The second-order valence-corrected chi connectivity index (χ2v) is 5.97. The molecule has 1 saturated carbocycles. The van der Waals surface area contributed by atoms with Crippen LogP contribution in [-0.2, 0) is 0 Å². The summed E-state index contributed by atoms with van der Waals surface area (Å²) < 4.78 is 0. The predicted molar refractivity (Wildman–Crippen MR) is 79.8 cm³/mol. The molecule has 0 spiro atoms. The molecule has 3 nitrogen and oxygen atoms in total. The zero-order valence-electron chi connectivity index (χ0n) is 11.7. The maximum atomic E-state index is 10.8.